The maximum atomic E-state index is 4.36. The van der Waals surface area contributed by atoms with Crippen LogP contribution < -0.4 is 0 Å². The monoisotopic (exact) mass is 182 g/mol. The minimum Gasteiger partial charge on any atom is -0.342 e. The van der Waals surface area contributed by atoms with Crippen molar-refractivity contribution < 1.29 is 0 Å². The summed E-state index contributed by atoms with van der Waals surface area (Å²) in [5.74, 6) is 0.981. The molecule has 2 aromatic rings. The number of nitrogens with zero attached hydrogens (tertiary/aromatic N) is 1. The van der Waals surface area contributed by atoms with E-state index < -0.39 is 0 Å². The molecule has 0 aliphatic rings. The number of aryl methyl sites for hydroxylation is 2. The van der Waals surface area contributed by atoms with E-state index in [4.69, 9.17) is 0 Å². The van der Waals surface area contributed by atoms with Gasteiger partial charge in [-0.05, 0) is 25.5 Å². The normalized spacial score (nSPS) is 9.83. The van der Waals surface area contributed by atoms with Gasteiger partial charge in [-0.15, -0.1) is 12.4 Å². The molecule has 0 aliphatic heterocycles. The van der Waals surface area contributed by atoms with Gasteiger partial charge in [0.2, 0.25) is 0 Å². The highest BCUT2D eigenvalue weighted by Crippen LogP contribution is 2.14. The van der Waals surface area contributed by atoms with Gasteiger partial charge in [-0.3, -0.25) is 0 Å². The first kappa shape index (κ1) is 9.07. The van der Waals surface area contributed by atoms with Crippen molar-refractivity contribution in [2.75, 3.05) is 0 Å². The molecule has 1 heterocycles. The number of imidazole rings is 1. The average molecular weight is 183 g/mol. The van der Waals surface area contributed by atoms with E-state index in [1.165, 1.54) is 5.56 Å². The minimum atomic E-state index is 0. The zero-order valence-electron chi connectivity index (χ0n) is 7.09. The third-order valence-electron chi connectivity index (χ3n) is 1.83. The molecule has 1 N–H and O–H groups in total. The second-order valence-corrected chi connectivity index (χ2v) is 2.79. The predicted octanol–water partition coefficient (Wildman–Crippen LogP) is 2.60. The van der Waals surface area contributed by atoms with E-state index in [-0.39, 0.29) is 12.4 Å². The van der Waals surface area contributed by atoms with Gasteiger partial charge in [-0.25, -0.2) is 4.98 Å². The Morgan fingerprint density at radius 1 is 1.25 bits per heavy atom. The van der Waals surface area contributed by atoms with E-state index in [2.05, 4.69) is 23.0 Å². The summed E-state index contributed by atoms with van der Waals surface area (Å²) in [6.45, 7) is 4.04. The zero-order valence-corrected chi connectivity index (χ0v) is 7.90. The summed E-state index contributed by atoms with van der Waals surface area (Å²) in [5, 5.41) is 0. The Hall–Kier alpha value is -1.02. The van der Waals surface area contributed by atoms with Gasteiger partial charge in [0.25, 0.3) is 0 Å². The highest BCUT2D eigenvalue weighted by molar-refractivity contribution is 5.85. The number of nitrogens with one attached hydrogen (secondary N) is 1. The summed E-state index contributed by atoms with van der Waals surface area (Å²) in [6, 6.07) is 6.15. The molecular formula is C9H11ClN2. The van der Waals surface area contributed by atoms with Gasteiger partial charge in [0, 0.05) is 0 Å². The second-order valence-electron chi connectivity index (χ2n) is 2.79. The molecule has 12 heavy (non-hydrogen) atoms. The molecule has 1 aromatic heterocycles. The van der Waals surface area contributed by atoms with Crippen molar-refractivity contribution in [3.8, 4) is 0 Å². The van der Waals surface area contributed by atoms with Crippen molar-refractivity contribution in [2.24, 2.45) is 0 Å². The first-order valence-electron chi connectivity index (χ1n) is 3.69. The van der Waals surface area contributed by atoms with Crippen LogP contribution in [-0.4, -0.2) is 9.97 Å². The Balaban J connectivity index is 0.000000720. The molecule has 0 saturated heterocycles. The molecule has 0 bridgehead atoms. The van der Waals surface area contributed by atoms with Crippen LogP contribution in [0.4, 0.5) is 0 Å². The Labute approximate surface area is 77.4 Å². The molecule has 0 spiro atoms. The third-order valence-corrected chi connectivity index (χ3v) is 1.83. The molecule has 0 radical (unpaired) electrons. The van der Waals surface area contributed by atoms with Gasteiger partial charge in [-0.2, -0.15) is 0 Å². The van der Waals surface area contributed by atoms with Gasteiger partial charge in [-0.1, -0.05) is 12.1 Å². The van der Waals surface area contributed by atoms with E-state index in [1.807, 2.05) is 19.1 Å². The number of hydrogen-bond donors (Lipinski definition) is 1. The molecule has 1 aromatic carbocycles. The molecular weight excluding hydrogens is 172 g/mol. The molecule has 0 aliphatic carbocycles. The molecule has 0 atom stereocenters. The van der Waals surface area contributed by atoms with Crippen LogP contribution in [0.15, 0.2) is 18.2 Å². The number of benzene rings is 1. The quantitative estimate of drug-likeness (QED) is 0.667. The lowest BCUT2D eigenvalue weighted by molar-refractivity contribution is 1.17. The van der Waals surface area contributed by atoms with E-state index in [0.29, 0.717) is 0 Å². The lowest BCUT2D eigenvalue weighted by atomic mass is 10.2. The number of H-pyrrole nitrogens is 1. The van der Waals surface area contributed by atoms with Gasteiger partial charge < -0.3 is 4.98 Å². The standard InChI is InChI=1S/C9H10N2.ClH/c1-6-4-3-5-8-9(6)11-7(2)10-8;/h3-5H,1-2H3,(H,10,11);1H. The Bertz CT molecular complexity index is 392. The van der Waals surface area contributed by atoms with Gasteiger partial charge >= 0.3 is 0 Å². The summed E-state index contributed by atoms with van der Waals surface area (Å²) >= 11 is 0. The molecule has 2 nitrogen and oxygen atoms in total. The molecule has 0 fully saturated rings. The number of rotatable bonds is 0. The smallest absolute Gasteiger partial charge is 0.104 e. The Morgan fingerprint density at radius 3 is 2.67 bits per heavy atom. The summed E-state index contributed by atoms with van der Waals surface area (Å²) in [5.41, 5.74) is 3.44. The zero-order chi connectivity index (χ0) is 7.84. The number of aromatic amines is 1. The predicted molar refractivity (Wildman–Crippen MR) is 52.8 cm³/mol. The SMILES string of the molecule is Cc1nc2c(C)cccc2[nH]1.Cl. The lowest BCUT2D eigenvalue weighted by Crippen LogP contribution is -1.74. The van der Waals surface area contributed by atoms with Crippen molar-refractivity contribution in [1.82, 2.24) is 9.97 Å². The van der Waals surface area contributed by atoms with Gasteiger partial charge in [0.15, 0.2) is 0 Å². The van der Waals surface area contributed by atoms with Crippen molar-refractivity contribution >= 4 is 23.4 Å². The maximum Gasteiger partial charge on any atom is 0.104 e. The number of aromatic nitrogens is 2. The van der Waals surface area contributed by atoms with Gasteiger partial charge in [0.1, 0.15) is 5.82 Å². The summed E-state index contributed by atoms with van der Waals surface area (Å²) in [6.07, 6.45) is 0. The number of hydrogen-bond acceptors (Lipinski definition) is 1. The van der Waals surface area contributed by atoms with Crippen LogP contribution in [0.1, 0.15) is 11.4 Å². The van der Waals surface area contributed by atoms with E-state index in [9.17, 15) is 0 Å². The van der Waals surface area contributed by atoms with Gasteiger partial charge in [0.05, 0.1) is 11.0 Å². The Morgan fingerprint density at radius 2 is 2.00 bits per heavy atom. The molecule has 0 saturated carbocycles. The van der Waals surface area contributed by atoms with Crippen LogP contribution in [-0.2, 0) is 0 Å². The van der Waals surface area contributed by atoms with Crippen LogP contribution in [0.3, 0.4) is 0 Å². The topological polar surface area (TPSA) is 28.7 Å². The van der Waals surface area contributed by atoms with Crippen molar-refractivity contribution in [1.29, 1.82) is 0 Å². The van der Waals surface area contributed by atoms with E-state index in [1.54, 1.807) is 0 Å². The average Bonchev–Trinajstić information content (AvgIpc) is 2.31. The van der Waals surface area contributed by atoms with Crippen LogP contribution in [0.2, 0.25) is 0 Å². The number of para-hydroxylation sites is 1. The van der Waals surface area contributed by atoms with Crippen LogP contribution in [0, 0.1) is 13.8 Å². The summed E-state index contributed by atoms with van der Waals surface area (Å²) in [7, 11) is 0. The molecule has 0 amide bonds. The number of fused-ring (bicyclic) bond motifs is 1. The van der Waals surface area contributed by atoms with Crippen molar-refractivity contribution in [2.45, 2.75) is 13.8 Å². The summed E-state index contributed by atoms with van der Waals surface area (Å²) < 4.78 is 0. The Kier molecular flexibility index (Phi) is 2.38. The van der Waals surface area contributed by atoms with Crippen LogP contribution in [0.25, 0.3) is 11.0 Å². The molecule has 64 valence electrons. The lowest BCUT2D eigenvalue weighted by Gasteiger charge is -1.90. The van der Waals surface area contributed by atoms with Crippen LogP contribution in [0.5, 0.6) is 0 Å². The largest absolute Gasteiger partial charge is 0.342 e. The second kappa shape index (κ2) is 3.15. The molecule has 2 rings (SSSR count). The molecule has 0 unspecified atom stereocenters. The fourth-order valence-electron chi connectivity index (χ4n) is 1.30. The number of halogens is 1. The minimum absolute atomic E-state index is 0. The summed E-state index contributed by atoms with van der Waals surface area (Å²) in [4.78, 5) is 7.55. The highest BCUT2D eigenvalue weighted by atomic mass is 35.5. The van der Waals surface area contributed by atoms with E-state index in [0.717, 1.165) is 16.9 Å². The maximum absolute atomic E-state index is 4.36. The fourth-order valence-corrected chi connectivity index (χ4v) is 1.30. The molecule has 3 heteroatoms. The highest BCUT2D eigenvalue weighted by Gasteiger charge is 1.99. The van der Waals surface area contributed by atoms with Crippen LogP contribution >= 0.6 is 12.4 Å². The fraction of sp³-hybridized carbons (Fsp3) is 0.222. The van der Waals surface area contributed by atoms with Crippen molar-refractivity contribution in [3.05, 3.63) is 29.6 Å². The first-order valence-corrected chi connectivity index (χ1v) is 3.69. The van der Waals surface area contributed by atoms with Crippen molar-refractivity contribution in [3.63, 3.8) is 0 Å². The van der Waals surface area contributed by atoms with E-state index >= 15 is 0 Å². The third kappa shape index (κ3) is 1.30. The first-order chi connectivity index (χ1) is 5.27.